The molecule has 0 bridgehead atoms. The number of hydrogen-bond acceptors (Lipinski definition) is 5. The number of carboxylic acids is 1. The minimum Gasteiger partial charge on any atom is -0.497 e. The summed E-state index contributed by atoms with van der Waals surface area (Å²) in [7, 11) is -2.41. The minimum absolute atomic E-state index is 0.0510. The van der Waals surface area contributed by atoms with Crippen LogP contribution in [0.5, 0.6) is 5.75 Å². The first kappa shape index (κ1) is 17.4. The van der Waals surface area contributed by atoms with Gasteiger partial charge < -0.3 is 14.9 Å². The number of rotatable bonds is 6. The van der Waals surface area contributed by atoms with Gasteiger partial charge in [0.05, 0.1) is 23.9 Å². The molecule has 0 unspecified atom stereocenters. The number of sulfone groups is 1. The van der Waals surface area contributed by atoms with Crippen molar-refractivity contribution < 1.29 is 28.2 Å². The molecule has 132 valence electrons. The molecule has 0 aromatic heterocycles. The van der Waals surface area contributed by atoms with Gasteiger partial charge in [0.25, 0.3) is 0 Å². The van der Waals surface area contributed by atoms with Gasteiger partial charge in [0, 0.05) is 5.92 Å². The molecule has 1 aliphatic carbocycles. The molecule has 7 heteroatoms. The van der Waals surface area contributed by atoms with E-state index in [-0.39, 0.29) is 4.90 Å². The quantitative estimate of drug-likeness (QED) is 0.811. The molecule has 0 radical (unpaired) electrons. The summed E-state index contributed by atoms with van der Waals surface area (Å²) in [4.78, 5) is 11.9. The summed E-state index contributed by atoms with van der Waals surface area (Å²) in [5.41, 5.74) is -1.20. The van der Waals surface area contributed by atoms with E-state index in [0.717, 1.165) is 0 Å². The van der Waals surface area contributed by atoms with E-state index < -0.39 is 39.0 Å². The molecule has 1 aliphatic rings. The van der Waals surface area contributed by atoms with Crippen LogP contribution in [0.2, 0.25) is 0 Å². The highest BCUT2D eigenvalue weighted by Gasteiger charge is 2.75. The highest BCUT2D eigenvalue weighted by molar-refractivity contribution is 7.92. The lowest BCUT2D eigenvalue weighted by Crippen LogP contribution is -2.27. The number of benzene rings is 2. The van der Waals surface area contributed by atoms with Crippen LogP contribution in [0.3, 0.4) is 0 Å². The van der Waals surface area contributed by atoms with Gasteiger partial charge in [-0.25, -0.2) is 8.42 Å². The van der Waals surface area contributed by atoms with Crippen LogP contribution < -0.4 is 4.74 Å². The van der Waals surface area contributed by atoms with Gasteiger partial charge in [-0.15, -0.1) is 0 Å². The lowest BCUT2D eigenvalue weighted by molar-refractivity contribution is -0.145. The fourth-order valence-electron chi connectivity index (χ4n) is 3.41. The third-order valence-electron chi connectivity index (χ3n) is 4.80. The number of ether oxygens (including phenoxy) is 1. The molecule has 3 rings (SSSR count). The molecule has 25 heavy (non-hydrogen) atoms. The zero-order chi connectivity index (χ0) is 18.2. The van der Waals surface area contributed by atoms with Crippen molar-refractivity contribution in [3.05, 3.63) is 60.2 Å². The maximum atomic E-state index is 13.0. The molecule has 2 N–H and O–H groups in total. The van der Waals surface area contributed by atoms with Gasteiger partial charge in [0.15, 0.2) is 9.84 Å². The van der Waals surface area contributed by atoms with Gasteiger partial charge in [0.1, 0.15) is 11.2 Å². The number of hydrogen-bond donors (Lipinski definition) is 2. The van der Waals surface area contributed by atoms with Crippen LogP contribution in [0.25, 0.3) is 0 Å². The Morgan fingerprint density at radius 1 is 1.12 bits per heavy atom. The molecular formula is C18H18O6S. The molecule has 2 aromatic carbocycles. The topological polar surface area (TPSA) is 101 Å². The average molecular weight is 362 g/mol. The van der Waals surface area contributed by atoms with Crippen molar-refractivity contribution in [2.45, 2.75) is 16.1 Å². The highest BCUT2D eigenvalue weighted by Crippen LogP contribution is 2.64. The van der Waals surface area contributed by atoms with E-state index in [1.807, 2.05) is 0 Å². The second-order valence-corrected chi connectivity index (χ2v) is 8.10. The number of carboxylic acid groups (broad SMARTS) is 1. The molecule has 0 saturated heterocycles. The summed E-state index contributed by atoms with van der Waals surface area (Å²) >= 11 is 0. The van der Waals surface area contributed by atoms with E-state index >= 15 is 0 Å². The second kappa shape index (κ2) is 6.16. The SMILES string of the molecule is COc1ccc([C@@H]2[C@@H](S(=O)(=O)c3ccccc3)[C@@]2(CO)C(=O)O)cc1. The summed E-state index contributed by atoms with van der Waals surface area (Å²) in [5, 5.41) is 18.2. The van der Waals surface area contributed by atoms with Crippen molar-refractivity contribution in [1.82, 2.24) is 0 Å². The van der Waals surface area contributed by atoms with Crippen molar-refractivity contribution in [2.24, 2.45) is 5.41 Å². The van der Waals surface area contributed by atoms with Crippen LogP contribution in [-0.2, 0) is 14.6 Å². The van der Waals surface area contributed by atoms with Gasteiger partial charge in [-0.1, -0.05) is 30.3 Å². The number of methoxy groups -OCH3 is 1. The largest absolute Gasteiger partial charge is 0.497 e. The zero-order valence-electron chi connectivity index (χ0n) is 13.5. The summed E-state index contributed by atoms with van der Waals surface area (Å²) < 4.78 is 31.0. The van der Waals surface area contributed by atoms with Gasteiger partial charge in [0.2, 0.25) is 0 Å². The van der Waals surface area contributed by atoms with Crippen molar-refractivity contribution in [3.63, 3.8) is 0 Å². The summed E-state index contributed by atoms with van der Waals surface area (Å²) in [6.45, 7) is -0.754. The lowest BCUT2D eigenvalue weighted by Gasteiger charge is -2.09. The van der Waals surface area contributed by atoms with Crippen LogP contribution in [-0.4, -0.2) is 43.6 Å². The monoisotopic (exact) mass is 362 g/mol. The number of aliphatic carboxylic acids is 1. The first-order valence-corrected chi connectivity index (χ1v) is 9.21. The zero-order valence-corrected chi connectivity index (χ0v) is 14.3. The van der Waals surface area contributed by atoms with E-state index in [1.54, 1.807) is 42.5 Å². The van der Waals surface area contributed by atoms with E-state index in [4.69, 9.17) is 4.74 Å². The number of carbonyl (C=O) groups is 1. The van der Waals surface area contributed by atoms with Crippen molar-refractivity contribution >= 4 is 15.8 Å². The van der Waals surface area contributed by atoms with E-state index in [1.165, 1.54) is 19.2 Å². The predicted molar refractivity (Wildman–Crippen MR) is 90.3 cm³/mol. The fraction of sp³-hybridized carbons (Fsp3) is 0.278. The van der Waals surface area contributed by atoms with E-state index in [0.29, 0.717) is 11.3 Å². The maximum Gasteiger partial charge on any atom is 0.314 e. The third-order valence-corrected chi connectivity index (χ3v) is 7.09. The normalized spacial score (nSPS) is 25.4. The van der Waals surface area contributed by atoms with E-state index in [2.05, 4.69) is 0 Å². The Morgan fingerprint density at radius 3 is 2.20 bits per heavy atom. The number of aliphatic hydroxyl groups is 1. The van der Waals surface area contributed by atoms with Crippen LogP contribution in [0, 0.1) is 5.41 Å². The van der Waals surface area contributed by atoms with Crippen molar-refractivity contribution in [2.75, 3.05) is 13.7 Å². The summed E-state index contributed by atoms with van der Waals surface area (Å²) in [6, 6.07) is 14.3. The Labute approximate surface area is 145 Å². The molecule has 3 atom stereocenters. The maximum absolute atomic E-state index is 13.0. The molecule has 0 spiro atoms. The molecule has 1 fully saturated rings. The second-order valence-electron chi connectivity index (χ2n) is 6.03. The molecule has 2 aromatic rings. The van der Waals surface area contributed by atoms with Crippen LogP contribution in [0.15, 0.2) is 59.5 Å². The molecular weight excluding hydrogens is 344 g/mol. The Hall–Kier alpha value is -2.38. The molecule has 1 saturated carbocycles. The minimum atomic E-state index is -3.92. The Morgan fingerprint density at radius 2 is 1.72 bits per heavy atom. The first-order chi connectivity index (χ1) is 11.9. The van der Waals surface area contributed by atoms with Crippen molar-refractivity contribution in [1.29, 1.82) is 0 Å². The van der Waals surface area contributed by atoms with Crippen LogP contribution >= 0.6 is 0 Å². The molecule has 0 amide bonds. The van der Waals surface area contributed by atoms with Gasteiger partial charge in [-0.2, -0.15) is 0 Å². The van der Waals surface area contributed by atoms with Crippen LogP contribution in [0.1, 0.15) is 11.5 Å². The Kier molecular flexibility index (Phi) is 4.30. The van der Waals surface area contributed by atoms with Gasteiger partial charge in [-0.05, 0) is 29.8 Å². The Balaban J connectivity index is 2.08. The van der Waals surface area contributed by atoms with Crippen LogP contribution in [0.4, 0.5) is 0 Å². The molecule has 0 aliphatic heterocycles. The summed E-state index contributed by atoms with van der Waals surface area (Å²) in [5.74, 6) is -1.57. The fourth-order valence-corrected chi connectivity index (χ4v) is 5.80. The predicted octanol–water partition coefficient (Wildman–Crippen LogP) is 1.70. The lowest BCUT2D eigenvalue weighted by atomic mass is 10.00. The average Bonchev–Trinajstić information content (AvgIpc) is 3.34. The van der Waals surface area contributed by atoms with Gasteiger partial charge in [-0.3, -0.25) is 4.79 Å². The Bertz CT molecular complexity index is 876. The van der Waals surface area contributed by atoms with E-state index in [9.17, 15) is 23.4 Å². The van der Waals surface area contributed by atoms with Crippen molar-refractivity contribution in [3.8, 4) is 5.75 Å². The highest BCUT2D eigenvalue weighted by atomic mass is 32.2. The summed E-state index contributed by atoms with van der Waals surface area (Å²) in [6.07, 6.45) is 0. The first-order valence-electron chi connectivity index (χ1n) is 7.66. The standard InChI is InChI=1S/C18H18O6S/c1-24-13-9-7-12(8-10-13)15-16(18(15,11-19)17(20)21)25(22,23)14-5-3-2-4-6-14/h2-10,15-16,19H,11H2,1H3,(H,20,21)/t15-,16-,18+/m1/s1. The smallest absolute Gasteiger partial charge is 0.314 e. The van der Waals surface area contributed by atoms with Gasteiger partial charge >= 0.3 is 5.97 Å². The number of aliphatic hydroxyl groups excluding tert-OH is 1. The third kappa shape index (κ3) is 2.60. The molecule has 0 heterocycles. The molecule has 6 nitrogen and oxygen atoms in total.